The molecule has 0 aromatic carbocycles. The van der Waals surface area contributed by atoms with E-state index in [1.807, 2.05) is 21.7 Å². The summed E-state index contributed by atoms with van der Waals surface area (Å²) in [6.07, 6.45) is 1.01. The summed E-state index contributed by atoms with van der Waals surface area (Å²) in [4.78, 5) is 13.9. The van der Waals surface area contributed by atoms with Crippen molar-refractivity contribution in [3.8, 4) is 0 Å². The second-order valence-corrected chi connectivity index (χ2v) is 5.28. The van der Waals surface area contributed by atoms with Crippen molar-refractivity contribution in [2.24, 2.45) is 11.1 Å². The maximum atomic E-state index is 12.0. The third-order valence-corrected chi connectivity index (χ3v) is 3.79. The molecule has 1 unspecified atom stereocenters. The molecule has 2 heterocycles. The van der Waals surface area contributed by atoms with Crippen molar-refractivity contribution >= 4 is 29.7 Å². The Morgan fingerprint density at radius 3 is 2.94 bits per heavy atom. The molecule has 1 amide bonds. The van der Waals surface area contributed by atoms with Gasteiger partial charge in [-0.25, -0.2) is 0 Å². The van der Waals surface area contributed by atoms with Crippen LogP contribution >= 0.6 is 23.7 Å². The van der Waals surface area contributed by atoms with E-state index in [-0.39, 0.29) is 23.7 Å². The van der Waals surface area contributed by atoms with Gasteiger partial charge in [0.25, 0.3) is 5.91 Å². The summed E-state index contributed by atoms with van der Waals surface area (Å²) in [5.74, 6) is 0.147. The van der Waals surface area contributed by atoms with E-state index >= 15 is 0 Å². The molecule has 1 atom stereocenters. The first-order chi connectivity index (χ1) is 7.14. The van der Waals surface area contributed by atoms with Crippen molar-refractivity contribution in [2.45, 2.75) is 13.3 Å². The number of carbonyl (C=O) groups excluding carboxylic acids is 1. The Kier molecular flexibility index (Phi) is 4.35. The molecule has 0 aliphatic carbocycles. The molecule has 0 saturated carbocycles. The summed E-state index contributed by atoms with van der Waals surface area (Å²) in [6, 6.07) is 1.88. The van der Waals surface area contributed by atoms with Gasteiger partial charge in [-0.3, -0.25) is 4.79 Å². The number of halogens is 1. The highest BCUT2D eigenvalue weighted by Crippen LogP contribution is 2.29. The van der Waals surface area contributed by atoms with Crippen LogP contribution in [0.4, 0.5) is 0 Å². The summed E-state index contributed by atoms with van der Waals surface area (Å²) in [6.45, 7) is 4.43. The first-order valence-electron chi connectivity index (χ1n) is 5.16. The largest absolute Gasteiger partial charge is 0.338 e. The highest BCUT2D eigenvalue weighted by molar-refractivity contribution is 7.08. The number of hydrogen-bond donors (Lipinski definition) is 1. The van der Waals surface area contributed by atoms with Gasteiger partial charge in [0.15, 0.2) is 0 Å². The highest BCUT2D eigenvalue weighted by atomic mass is 35.5. The smallest absolute Gasteiger partial charge is 0.254 e. The summed E-state index contributed by atoms with van der Waals surface area (Å²) in [5.41, 5.74) is 6.64. The molecule has 1 aromatic rings. The van der Waals surface area contributed by atoms with Crippen LogP contribution in [0.5, 0.6) is 0 Å². The van der Waals surface area contributed by atoms with E-state index in [9.17, 15) is 4.79 Å². The van der Waals surface area contributed by atoms with E-state index in [0.717, 1.165) is 25.1 Å². The lowest BCUT2D eigenvalue weighted by Gasteiger charge is -2.22. The van der Waals surface area contributed by atoms with Crippen LogP contribution in [0.2, 0.25) is 0 Å². The molecule has 0 bridgehead atoms. The molecule has 16 heavy (non-hydrogen) atoms. The first-order valence-corrected chi connectivity index (χ1v) is 6.10. The lowest BCUT2D eigenvalue weighted by Crippen LogP contribution is -2.34. The van der Waals surface area contributed by atoms with Crippen molar-refractivity contribution in [3.05, 3.63) is 22.4 Å². The number of carbonyl (C=O) groups is 1. The quantitative estimate of drug-likeness (QED) is 0.884. The molecular weight excluding hydrogens is 244 g/mol. The molecule has 1 aromatic heterocycles. The van der Waals surface area contributed by atoms with Crippen LogP contribution in [0.15, 0.2) is 16.8 Å². The Hall–Kier alpha value is -0.580. The first kappa shape index (κ1) is 13.5. The maximum absolute atomic E-state index is 12.0. The third-order valence-electron chi connectivity index (χ3n) is 3.11. The fourth-order valence-electron chi connectivity index (χ4n) is 1.93. The topological polar surface area (TPSA) is 46.3 Å². The second kappa shape index (κ2) is 5.17. The molecule has 0 spiro atoms. The van der Waals surface area contributed by atoms with Gasteiger partial charge in [0.2, 0.25) is 0 Å². The highest BCUT2D eigenvalue weighted by Gasteiger charge is 2.35. The number of likely N-dealkylation sites (tertiary alicyclic amines) is 1. The molecule has 1 aliphatic heterocycles. The van der Waals surface area contributed by atoms with Gasteiger partial charge in [0, 0.05) is 18.5 Å². The summed E-state index contributed by atoms with van der Waals surface area (Å²) < 4.78 is 0. The van der Waals surface area contributed by atoms with Crippen LogP contribution in [0.1, 0.15) is 23.7 Å². The summed E-state index contributed by atoms with van der Waals surface area (Å²) in [7, 11) is 0. The molecule has 2 rings (SSSR count). The summed E-state index contributed by atoms with van der Waals surface area (Å²) >= 11 is 1.56. The molecule has 0 radical (unpaired) electrons. The van der Waals surface area contributed by atoms with Gasteiger partial charge in [0.1, 0.15) is 0 Å². The Labute approximate surface area is 106 Å². The maximum Gasteiger partial charge on any atom is 0.254 e. The van der Waals surface area contributed by atoms with Gasteiger partial charge >= 0.3 is 0 Å². The Morgan fingerprint density at radius 1 is 1.69 bits per heavy atom. The molecule has 1 aliphatic rings. The van der Waals surface area contributed by atoms with Gasteiger partial charge < -0.3 is 10.6 Å². The number of nitrogens with two attached hydrogens (primary N) is 1. The zero-order chi connectivity index (χ0) is 10.9. The average Bonchev–Trinajstić information content (AvgIpc) is 2.86. The molecule has 2 N–H and O–H groups in total. The minimum Gasteiger partial charge on any atom is -0.338 e. The third kappa shape index (κ3) is 2.56. The van der Waals surface area contributed by atoms with Crippen molar-refractivity contribution in [2.75, 3.05) is 19.6 Å². The number of nitrogens with zero attached hydrogens (tertiary/aromatic N) is 1. The molecule has 5 heteroatoms. The van der Waals surface area contributed by atoms with Crippen LogP contribution in [0.25, 0.3) is 0 Å². The fraction of sp³-hybridized carbons (Fsp3) is 0.545. The summed E-state index contributed by atoms with van der Waals surface area (Å²) in [5, 5.41) is 3.84. The van der Waals surface area contributed by atoms with Crippen molar-refractivity contribution in [3.63, 3.8) is 0 Å². The lowest BCUT2D eigenvalue weighted by molar-refractivity contribution is 0.0777. The second-order valence-electron chi connectivity index (χ2n) is 4.50. The molecule has 90 valence electrons. The zero-order valence-corrected chi connectivity index (χ0v) is 10.9. The van der Waals surface area contributed by atoms with Gasteiger partial charge in [0.05, 0.1) is 5.56 Å². The average molecular weight is 261 g/mol. The molecule has 1 saturated heterocycles. The van der Waals surface area contributed by atoms with Crippen molar-refractivity contribution in [1.82, 2.24) is 4.90 Å². The van der Waals surface area contributed by atoms with Gasteiger partial charge in [-0.1, -0.05) is 6.92 Å². The number of amides is 1. The number of hydrogen-bond acceptors (Lipinski definition) is 3. The zero-order valence-electron chi connectivity index (χ0n) is 9.31. The fourth-order valence-corrected chi connectivity index (χ4v) is 2.56. The normalized spacial score (nSPS) is 24.2. The van der Waals surface area contributed by atoms with E-state index in [2.05, 4.69) is 6.92 Å². The van der Waals surface area contributed by atoms with E-state index < -0.39 is 0 Å². The predicted molar refractivity (Wildman–Crippen MR) is 69.2 cm³/mol. The van der Waals surface area contributed by atoms with Crippen LogP contribution in [0.3, 0.4) is 0 Å². The van der Waals surface area contributed by atoms with E-state index in [1.165, 1.54) is 0 Å². The standard InChI is InChI=1S/C11H16N2OS.ClH/c1-11(7-12)3-4-13(8-11)10(14)9-2-5-15-6-9;/h2,5-6H,3-4,7-8,12H2,1H3;1H. The van der Waals surface area contributed by atoms with Gasteiger partial charge in [-0.15, -0.1) is 12.4 Å². The van der Waals surface area contributed by atoms with E-state index in [0.29, 0.717) is 6.54 Å². The predicted octanol–water partition coefficient (Wildman–Crippen LogP) is 1.98. The monoisotopic (exact) mass is 260 g/mol. The molecule has 3 nitrogen and oxygen atoms in total. The van der Waals surface area contributed by atoms with E-state index in [1.54, 1.807) is 11.3 Å². The lowest BCUT2D eigenvalue weighted by atomic mass is 9.90. The minimum absolute atomic E-state index is 0. The Morgan fingerprint density at radius 2 is 2.44 bits per heavy atom. The number of rotatable bonds is 2. The SMILES string of the molecule is CC1(CN)CCN(C(=O)c2ccsc2)C1.Cl. The Bertz CT molecular complexity index is 355. The van der Waals surface area contributed by atoms with Crippen LogP contribution in [0, 0.1) is 5.41 Å². The van der Waals surface area contributed by atoms with Gasteiger partial charge in [-0.05, 0) is 29.8 Å². The van der Waals surface area contributed by atoms with Crippen molar-refractivity contribution in [1.29, 1.82) is 0 Å². The van der Waals surface area contributed by atoms with E-state index in [4.69, 9.17) is 5.73 Å². The van der Waals surface area contributed by atoms with Crippen LogP contribution in [-0.2, 0) is 0 Å². The minimum atomic E-state index is 0. The van der Waals surface area contributed by atoms with Gasteiger partial charge in [-0.2, -0.15) is 11.3 Å². The molecule has 1 fully saturated rings. The Balaban J connectivity index is 0.00000128. The van der Waals surface area contributed by atoms with Crippen LogP contribution < -0.4 is 5.73 Å². The van der Waals surface area contributed by atoms with Crippen molar-refractivity contribution < 1.29 is 4.79 Å². The van der Waals surface area contributed by atoms with Crippen LogP contribution in [-0.4, -0.2) is 30.4 Å². The number of thiophene rings is 1. The molecular formula is C11H17ClN2OS.